The highest BCUT2D eigenvalue weighted by molar-refractivity contribution is 7.13. The molecule has 0 fully saturated rings. The maximum Gasteiger partial charge on any atom is 0.159 e. The van der Waals surface area contributed by atoms with Gasteiger partial charge < -0.3 is 0 Å². The van der Waals surface area contributed by atoms with Gasteiger partial charge in [0.05, 0.1) is 0 Å². The predicted molar refractivity (Wildman–Crippen MR) is 209 cm³/mol. The van der Waals surface area contributed by atoms with Gasteiger partial charge in [0.25, 0.3) is 0 Å². The Kier molecular flexibility index (Phi) is 11.5. The first-order valence-electron chi connectivity index (χ1n) is 18.5. The zero-order chi connectivity index (χ0) is 34.1. The summed E-state index contributed by atoms with van der Waals surface area (Å²) in [5, 5.41) is 4.75. The van der Waals surface area contributed by atoms with E-state index < -0.39 is 8.07 Å². The second-order valence-electron chi connectivity index (χ2n) is 16.2. The van der Waals surface area contributed by atoms with Crippen LogP contribution < -0.4 is 15.6 Å². The first-order chi connectivity index (χ1) is 21.6. The molecule has 0 bridgehead atoms. The largest absolute Gasteiger partial charge is 0.159 e. The van der Waals surface area contributed by atoms with Gasteiger partial charge in [-0.3, -0.25) is 0 Å². The fourth-order valence-corrected chi connectivity index (χ4v) is 13.1. The molecule has 1 aliphatic rings. The molecule has 0 aliphatic heterocycles. The maximum absolute atomic E-state index is 2.75. The molecule has 0 amide bonds. The molecule has 1 heteroatoms. The molecule has 0 spiro atoms. The molecule has 3 aromatic carbocycles. The van der Waals surface area contributed by atoms with E-state index in [4.69, 9.17) is 0 Å². The number of rotatable bonds is 12. The van der Waals surface area contributed by atoms with Crippen LogP contribution in [0.1, 0.15) is 172 Å². The van der Waals surface area contributed by atoms with Gasteiger partial charge in [-0.05, 0) is 96.8 Å². The average Bonchev–Trinajstić information content (AvgIpc) is 3.50. The Labute approximate surface area is 284 Å². The summed E-state index contributed by atoms with van der Waals surface area (Å²) in [5.74, 6) is 3.33. The standard InChI is InChI=1S/C45H64Si/c1-15-34(14)44-17-16-18-45(44)46(41-22-35(28(2)3)19-36(23-41)29(4)5,42-24-37(30(6)7)20-38(25-42)31(8)9)43-26-39(32(10)11)21-40(27-43)33(12)13/h16-34,45H,15H2,1-14H3. The van der Waals surface area contributed by atoms with Gasteiger partial charge in [-0.1, -0.05) is 175 Å². The van der Waals surface area contributed by atoms with Crippen LogP contribution in [0.2, 0.25) is 5.54 Å². The van der Waals surface area contributed by atoms with E-state index in [1.807, 2.05) is 0 Å². The van der Waals surface area contributed by atoms with Crippen LogP contribution in [0.5, 0.6) is 0 Å². The summed E-state index contributed by atoms with van der Waals surface area (Å²) in [7, 11) is -2.75. The Balaban J connectivity index is 2.35. The van der Waals surface area contributed by atoms with Crippen LogP contribution in [0, 0.1) is 5.92 Å². The van der Waals surface area contributed by atoms with Gasteiger partial charge in [0.2, 0.25) is 0 Å². The second-order valence-corrected chi connectivity index (χ2v) is 20.2. The molecule has 4 rings (SSSR count). The van der Waals surface area contributed by atoms with E-state index in [1.54, 1.807) is 21.1 Å². The summed E-state index contributed by atoms with van der Waals surface area (Å²) >= 11 is 0. The van der Waals surface area contributed by atoms with Crippen molar-refractivity contribution < 1.29 is 0 Å². The lowest BCUT2D eigenvalue weighted by molar-refractivity contribution is 0.643. The molecule has 1 aliphatic carbocycles. The molecule has 0 heterocycles. The van der Waals surface area contributed by atoms with Gasteiger partial charge in [0.1, 0.15) is 0 Å². The van der Waals surface area contributed by atoms with Crippen LogP contribution in [-0.4, -0.2) is 8.07 Å². The van der Waals surface area contributed by atoms with Crippen molar-refractivity contribution >= 4 is 23.6 Å². The van der Waals surface area contributed by atoms with E-state index in [0.29, 0.717) is 47.0 Å². The SMILES string of the molecule is CCC(C)C1=CC=CC1[Si](c1cc(C(C)C)cc(C(C)C)c1)(c1cc(C(C)C)cc(C(C)C)c1)c1cc(C(C)C)cc(C(C)C)c1. The van der Waals surface area contributed by atoms with E-state index in [9.17, 15) is 0 Å². The van der Waals surface area contributed by atoms with E-state index in [2.05, 4.69) is 170 Å². The van der Waals surface area contributed by atoms with Crippen molar-refractivity contribution in [2.75, 3.05) is 0 Å². The van der Waals surface area contributed by atoms with Crippen LogP contribution in [0.15, 0.2) is 78.4 Å². The summed E-state index contributed by atoms with van der Waals surface area (Å²) in [5.41, 5.74) is 10.8. The fourth-order valence-electron chi connectivity index (χ4n) is 7.34. The third-order valence-corrected chi connectivity index (χ3v) is 16.0. The van der Waals surface area contributed by atoms with Crippen molar-refractivity contribution in [1.29, 1.82) is 0 Å². The zero-order valence-electron chi connectivity index (χ0n) is 31.8. The maximum atomic E-state index is 2.65. The van der Waals surface area contributed by atoms with Crippen molar-refractivity contribution in [2.45, 2.75) is 144 Å². The molecule has 0 saturated heterocycles. The lowest BCUT2D eigenvalue weighted by atomic mass is 9.95. The highest BCUT2D eigenvalue weighted by atomic mass is 28.3. The van der Waals surface area contributed by atoms with Crippen LogP contribution >= 0.6 is 0 Å². The van der Waals surface area contributed by atoms with E-state index in [-0.39, 0.29) is 0 Å². The molecule has 0 N–H and O–H groups in total. The molecule has 2 atom stereocenters. The molecule has 248 valence electrons. The second kappa shape index (κ2) is 14.6. The number of allylic oxidation sites excluding steroid dienone is 4. The lowest BCUT2D eigenvalue weighted by Gasteiger charge is -2.43. The molecule has 46 heavy (non-hydrogen) atoms. The van der Waals surface area contributed by atoms with E-state index in [1.165, 1.54) is 33.4 Å². The monoisotopic (exact) mass is 632 g/mol. The normalized spacial score (nSPS) is 16.2. The summed E-state index contributed by atoms with van der Waals surface area (Å²) in [6.45, 7) is 33.3. The summed E-state index contributed by atoms with van der Waals surface area (Å²) < 4.78 is 0. The van der Waals surface area contributed by atoms with Crippen molar-refractivity contribution in [3.63, 3.8) is 0 Å². The van der Waals surface area contributed by atoms with Gasteiger partial charge in [-0.15, -0.1) is 0 Å². The minimum atomic E-state index is -2.75. The topological polar surface area (TPSA) is 0 Å². The van der Waals surface area contributed by atoms with Gasteiger partial charge in [0, 0.05) is 5.54 Å². The third-order valence-electron chi connectivity index (χ3n) is 10.9. The van der Waals surface area contributed by atoms with Gasteiger partial charge >= 0.3 is 0 Å². The Morgan fingerprint density at radius 3 is 0.978 bits per heavy atom. The van der Waals surface area contributed by atoms with Crippen molar-refractivity contribution in [1.82, 2.24) is 0 Å². The molecule has 0 radical (unpaired) electrons. The molecular weight excluding hydrogens is 569 g/mol. The molecule has 0 saturated carbocycles. The molecule has 0 nitrogen and oxygen atoms in total. The number of benzene rings is 3. The molecular formula is C45H64Si. The smallest absolute Gasteiger partial charge is 0.0790 e. The summed E-state index contributed by atoms with van der Waals surface area (Å²) in [6, 6.07) is 23.4. The Hall–Kier alpha value is -2.64. The minimum Gasteiger partial charge on any atom is -0.0790 e. The Morgan fingerprint density at radius 1 is 0.457 bits per heavy atom. The summed E-state index contributed by atoms with van der Waals surface area (Å²) in [4.78, 5) is 0. The Bertz CT molecular complexity index is 1330. The van der Waals surface area contributed by atoms with Crippen molar-refractivity contribution in [2.24, 2.45) is 5.92 Å². The Morgan fingerprint density at radius 2 is 0.739 bits per heavy atom. The lowest BCUT2D eigenvalue weighted by Crippen LogP contribution is -2.70. The summed E-state index contributed by atoms with van der Waals surface area (Å²) in [6.07, 6.45) is 8.65. The highest BCUT2D eigenvalue weighted by Gasteiger charge is 2.49. The average molecular weight is 633 g/mol. The van der Waals surface area contributed by atoms with Crippen molar-refractivity contribution in [3.8, 4) is 0 Å². The first kappa shape index (κ1) is 36.2. The predicted octanol–water partition coefficient (Wildman–Crippen LogP) is 11.8. The van der Waals surface area contributed by atoms with Gasteiger partial charge in [0.15, 0.2) is 8.07 Å². The third kappa shape index (κ3) is 7.11. The van der Waals surface area contributed by atoms with Crippen LogP contribution in [0.3, 0.4) is 0 Å². The minimum absolute atomic E-state index is 0.356. The van der Waals surface area contributed by atoms with Gasteiger partial charge in [-0.2, -0.15) is 0 Å². The van der Waals surface area contributed by atoms with E-state index >= 15 is 0 Å². The van der Waals surface area contributed by atoms with Crippen LogP contribution in [-0.2, 0) is 0 Å². The quantitative estimate of drug-likeness (QED) is 0.138. The van der Waals surface area contributed by atoms with Crippen LogP contribution in [0.25, 0.3) is 0 Å². The highest BCUT2D eigenvalue weighted by Crippen LogP contribution is 2.42. The molecule has 0 aromatic heterocycles. The molecule has 2 unspecified atom stereocenters. The van der Waals surface area contributed by atoms with Crippen LogP contribution in [0.4, 0.5) is 0 Å². The zero-order valence-corrected chi connectivity index (χ0v) is 32.8. The van der Waals surface area contributed by atoms with E-state index in [0.717, 1.165) is 6.42 Å². The number of hydrogen-bond acceptors (Lipinski definition) is 0. The van der Waals surface area contributed by atoms with Crippen molar-refractivity contribution in [3.05, 3.63) is 112 Å². The van der Waals surface area contributed by atoms with Gasteiger partial charge in [-0.25, -0.2) is 0 Å². The fraction of sp³-hybridized carbons (Fsp3) is 0.511. The first-order valence-corrected chi connectivity index (χ1v) is 20.5. The molecule has 3 aromatic rings. The number of hydrogen-bond donors (Lipinski definition) is 0.